The first kappa shape index (κ1) is 42.4. The van der Waals surface area contributed by atoms with E-state index in [9.17, 15) is 29.4 Å². The highest BCUT2D eigenvalue weighted by Crippen LogP contribution is 2.39. The highest BCUT2D eigenvalue weighted by Gasteiger charge is 2.33. The molecule has 12 heteroatoms. The summed E-state index contributed by atoms with van der Waals surface area (Å²) in [4.78, 5) is 49.3. The van der Waals surface area contributed by atoms with Crippen LogP contribution in [0.3, 0.4) is 0 Å². The number of aryl methyl sites for hydroxylation is 1. The van der Waals surface area contributed by atoms with Crippen molar-refractivity contribution >= 4 is 68.0 Å². The number of carbonyl (C=O) groups excluding carboxylic acids is 2. The van der Waals surface area contributed by atoms with E-state index in [1.807, 2.05) is 81.4 Å². The molecule has 0 aliphatic rings. The van der Waals surface area contributed by atoms with Gasteiger partial charge >= 0.3 is 11.9 Å². The van der Waals surface area contributed by atoms with E-state index in [4.69, 9.17) is 16.3 Å². The number of benzene rings is 4. The molecule has 0 aliphatic carbocycles. The van der Waals surface area contributed by atoms with E-state index in [2.05, 4.69) is 10.6 Å². The van der Waals surface area contributed by atoms with E-state index in [1.54, 1.807) is 66.4 Å². The molecule has 4 N–H and O–H groups in total. The van der Waals surface area contributed by atoms with Gasteiger partial charge in [-0.15, -0.1) is 22.7 Å². The highest BCUT2D eigenvalue weighted by molar-refractivity contribution is 7.15. The Morgan fingerprint density at radius 3 is 1.63 bits per heavy atom. The standard InChI is InChI=1S/C24H24ClNO3S.C21H19NO4S/c1-24(2,3)19(13-15-7-5-4-6-8-15)21(27)26-22-20(23(28)29)18(14-30-22)16-9-11-17(25)12-10-16;1-26-16-10-8-15(9-11-16)17-13-27-20(19(17)21(24)25)22-18(23)12-7-14-5-3-2-4-6-14/h4-12,14,19H,13H2,1-3H3,(H,26,27)(H,28,29);2-6,8-11,13H,7,12H2,1H3,(H,22,23)(H,24,25). The van der Waals surface area contributed by atoms with E-state index in [0.717, 1.165) is 22.3 Å². The molecular formula is C45H43ClN2O7S2. The second kappa shape index (κ2) is 19.4. The number of hydrogen-bond acceptors (Lipinski definition) is 7. The Labute approximate surface area is 344 Å². The number of amides is 2. The Morgan fingerprint density at radius 1 is 0.684 bits per heavy atom. The van der Waals surface area contributed by atoms with E-state index in [1.165, 1.54) is 22.7 Å². The van der Waals surface area contributed by atoms with Gasteiger partial charge in [0.25, 0.3) is 0 Å². The molecule has 294 valence electrons. The summed E-state index contributed by atoms with van der Waals surface area (Å²) in [5.74, 6) is -2.15. The second-order valence-corrected chi connectivity index (χ2v) is 16.4. The summed E-state index contributed by atoms with van der Waals surface area (Å²) >= 11 is 8.38. The number of anilines is 2. The number of carboxylic acids is 2. The van der Waals surface area contributed by atoms with Crippen LogP contribution in [0.2, 0.25) is 5.02 Å². The van der Waals surface area contributed by atoms with Crippen molar-refractivity contribution in [2.45, 2.75) is 40.0 Å². The lowest BCUT2D eigenvalue weighted by Crippen LogP contribution is -2.35. The molecule has 0 radical (unpaired) electrons. The first-order valence-corrected chi connectivity index (χ1v) is 20.2. The summed E-state index contributed by atoms with van der Waals surface area (Å²) in [6, 6.07) is 33.7. The monoisotopic (exact) mass is 822 g/mol. The average Bonchev–Trinajstić information content (AvgIpc) is 3.82. The topological polar surface area (TPSA) is 142 Å². The lowest BCUT2D eigenvalue weighted by Gasteiger charge is -2.29. The molecule has 57 heavy (non-hydrogen) atoms. The van der Waals surface area contributed by atoms with Gasteiger partial charge in [0.1, 0.15) is 26.9 Å². The van der Waals surface area contributed by atoms with Crippen LogP contribution in [0.4, 0.5) is 10.0 Å². The van der Waals surface area contributed by atoms with Crippen molar-refractivity contribution in [2.75, 3.05) is 17.7 Å². The van der Waals surface area contributed by atoms with Crippen molar-refractivity contribution in [1.29, 1.82) is 0 Å². The van der Waals surface area contributed by atoms with Crippen LogP contribution in [0.5, 0.6) is 5.75 Å². The summed E-state index contributed by atoms with van der Waals surface area (Å²) in [5.41, 5.74) is 4.69. The number of hydrogen-bond donors (Lipinski definition) is 4. The smallest absolute Gasteiger partial charge is 0.339 e. The molecule has 0 fully saturated rings. The highest BCUT2D eigenvalue weighted by atomic mass is 35.5. The number of thiophene rings is 2. The van der Waals surface area contributed by atoms with Crippen LogP contribution in [0.15, 0.2) is 120 Å². The number of rotatable bonds is 13. The zero-order chi connectivity index (χ0) is 41.1. The number of methoxy groups -OCH3 is 1. The van der Waals surface area contributed by atoms with Gasteiger partial charge in [0.2, 0.25) is 11.8 Å². The Bertz CT molecular complexity index is 2300. The Hall–Kier alpha value is -5.75. The zero-order valence-electron chi connectivity index (χ0n) is 31.9. The van der Waals surface area contributed by atoms with Crippen molar-refractivity contribution in [3.05, 3.63) is 147 Å². The minimum absolute atomic E-state index is 0.100. The maximum Gasteiger partial charge on any atom is 0.339 e. The number of ether oxygens (including phenoxy) is 1. The third-order valence-corrected chi connectivity index (χ3v) is 11.2. The van der Waals surface area contributed by atoms with Crippen LogP contribution in [-0.4, -0.2) is 41.1 Å². The lowest BCUT2D eigenvalue weighted by atomic mass is 9.76. The van der Waals surface area contributed by atoms with Gasteiger partial charge in [0.15, 0.2) is 0 Å². The van der Waals surface area contributed by atoms with E-state index >= 15 is 0 Å². The van der Waals surface area contributed by atoms with Crippen molar-refractivity contribution in [3.8, 4) is 28.0 Å². The Morgan fingerprint density at radius 2 is 1.16 bits per heavy atom. The van der Waals surface area contributed by atoms with Crippen LogP contribution in [0.25, 0.3) is 22.3 Å². The maximum atomic E-state index is 13.2. The van der Waals surface area contributed by atoms with Gasteiger partial charge in [0.05, 0.1) is 7.11 Å². The number of aromatic carboxylic acids is 2. The van der Waals surface area contributed by atoms with Gasteiger partial charge in [-0.25, -0.2) is 9.59 Å². The fourth-order valence-electron chi connectivity index (χ4n) is 6.08. The van der Waals surface area contributed by atoms with Crippen LogP contribution in [0, 0.1) is 11.3 Å². The van der Waals surface area contributed by atoms with Gasteiger partial charge < -0.3 is 25.6 Å². The molecule has 0 saturated carbocycles. The van der Waals surface area contributed by atoms with Crippen molar-refractivity contribution in [1.82, 2.24) is 0 Å². The predicted octanol–water partition coefficient (Wildman–Crippen LogP) is 11.3. The van der Waals surface area contributed by atoms with Crippen LogP contribution in [0.1, 0.15) is 59.0 Å². The molecule has 2 amide bonds. The molecule has 0 spiro atoms. The minimum atomic E-state index is -1.08. The van der Waals surface area contributed by atoms with Crippen molar-refractivity contribution in [2.24, 2.45) is 11.3 Å². The van der Waals surface area contributed by atoms with Crippen molar-refractivity contribution in [3.63, 3.8) is 0 Å². The Kier molecular flexibility index (Phi) is 14.4. The normalized spacial score (nSPS) is 11.5. The van der Waals surface area contributed by atoms with E-state index in [-0.39, 0.29) is 34.3 Å². The van der Waals surface area contributed by atoms with Crippen LogP contribution >= 0.6 is 34.3 Å². The zero-order valence-corrected chi connectivity index (χ0v) is 34.3. The number of nitrogens with one attached hydrogen (secondary N) is 2. The molecule has 9 nitrogen and oxygen atoms in total. The van der Waals surface area contributed by atoms with Gasteiger partial charge in [-0.2, -0.15) is 0 Å². The molecule has 1 atom stereocenters. The summed E-state index contributed by atoms with van der Waals surface area (Å²) in [7, 11) is 1.57. The molecular weight excluding hydrogens is 780 g/mol. The summed E-state index contributed by atoms with van der Waals surface area (Å²) in [5, 5.41) is 29.9. The molecule has 0 bridgehead atoms. The molecule has 2 heterocycles. The van der Waals surface area contributed by atoms with Crippen molar-refractivity contribution < 1.29 is 34.1 Å². The maximum absolute atomic E-state index is 13.2. The first-order valence-electron chi connectivity index (χ1n) is 18.0. The number of halogens is 1. The molecule has 4 aromatic carbocycles. The summed E-state index contributed by atoms with van der Waals surface area (Å²) < 4.78 is 5.13. The summed E-state index contributed by atoms with van der Waals surface area (Å²) in [6.45, 7) is 6.06. The second-order valence-electron chi connectivity index (χ2n) is 14.2. The largest absolute Gasteiger partial charge is 0.497 e. The quantitative estimate of drug-likeness (QED) is 0.0908. The molecule has 6 aromatic rings. The predicted molar refractivity (Wildman–Crippen MR) is 230 cm³/mol. The summed E-state index contributed by atoms with van der Waals surface area (Å²) in [6.07, 6.45) is 1.47. The third kappa shape index (κ3) is 11.4. The SMILES string of the molecule is CC(C)(C)C(Cc1ccccc1)C(=O)Nc1scc(-c2ccc(Cl)cc2)c1C(=O)O.COc1ccc(-c2csc(NC(=O)CCc3ccccc3)c2C(=O)O)cc1. The first-order chi connectivity index (χ1) is 27.2. The fourth-order valence-corrected chi connectivity index (χ4v) is 8.15. The van der Waals surface area contributed by atoms with Gasteiger partial charge in [0, 0.05) is 39.2 Å². The molecule has 1 unspecified atom stereocenters. The van der Waals surface area contributed by atoms with E-state index in [0.29, 0.717) is 51.2 Å². The fraction of sp³-hybridized carbons (Fsp3) is 0.200. The molecule has 0 aliphatic heterocycles. The van der Waals surface area contributed by atoms with Crippen LogP contribution < -0.4 is 15.4 Å². The molecule has 2 aromatic heterocycles. The van der Waals surface area contributed by atoms with Gasteiger partial charge in [-0.3, -0.25) is 9.59 Å². The van der Waals surface area contributed by atoms with Crippen LogP contribution in [-0.2, 0) is 22.4 Å². The number of carbonyl (C=O) groups is 4. The average molecular weight is 823 g/mol. The van der Waals surface area contributed by atoms with E-state index < -0.39 is 11.9 Å². The minimum Gasteiger partial charge on any atom is -0.497 e. The Balaban J connectivity index is 0.000000219. The molecule has 0 saturated heterocycles. The van der Waals surface area contributed by atoms with Gasteiger partial charge in [-0.1, -0.05) is 117 Å². The molecule has 6 rings (SSSR count). The number of carboxylic acid groups (broad SMARTS) is 2. The van der Waals surface area contributed by atoms with Gasteiger partial charge in [-0.05, 0) is 64.8 Å². The third-order valence-electron chi connectivity index (χ3n) is 9.18. The lowest BCUT2D eigenvalue weighted by molar-refractivity contribution is -0.123.